The quantitative estimate of drug-likeness (QED) is 0.686. The lowest BCUT2D eigenvalue weighted by Gasteiger charge is -2.08. The van der Waals surface area contributed by atoms with Crippen molar-refractivity contribution in [3.05, 3.63) is 40.1 Å². The van der Waals surface area contributed by atoms with E-state index in [-0.39, 0.29) is 10.9 Å². The molecule has 1 aliphatic carbocycles. The van der Waals surface area contributed by atoms with Crippen LogP contribution in [0.5, 0.6) is 0 Å². The number of nitrogens with zero attached hydrogens (tertiary/aromatic N) is 4. The van der Waals surface area contributed by atoms with E-state index in [9.17, 15) is 13.6 Å². The molecule has 3 aromatic heterocycles. The summed E-state index contributed by atoms with van der Waals surface area (Å²) in [7, 11) is 0. The molecule has 0 unspecified atom stereocenters. The summed E-state index contributed by atoms with van der Waals surface area (Å²) in [6.45, 7) is 1.75. The van der Waals surface area contributed by atoms with Gasteiger partial charge in [-0.25, -0.2) is 18.4 Å². The van der Waals surface area contributed by atoms with Crippen LogP contribution in [-0.4, -0.2) is 30.9 Å². The molecule has 0 aliphatic heterocycles. The number of thiazole rings is 1. The van der Waals surface area contributed by atoms with Gasteiger partial charge in [-0.2, -0.15) is 10.2 Å². The standard InChI is InChI=1S/C16H16F2N6OS/c1-8(15(25)20-12-4-11(22-23-12)9-2-3-9)10-5-19-24(6-10)13-7-26-16(21-13)14(17)18/h4-9,14H,2-3H2,1H3,(H2,20,22,23,25)/t8-/m1/s1. The lowest BCUT2D eigenvalue weighted by molar-refractivity contribution is -0.117. The summed E-state index contributed by atoms with van der Waals surface area (Å²) in [4.78, 5) is 16.3. The maximum Gasteiger partial charge on any atom is 0.289 e. The van der Waals surface area contributed by atoms with Crippen molar-refractivity contribution in [2.24, 2.45) is 0 Å². The Bertz CT molecular complexity index is 929. The normalized spacial score (nSPS) is 15.4. The van der Waals surface area contributed by atoms with Crippen molar-refractivity contribution in [3.63, 3.8) is 0 Å². The van der Waals surface area contributed by atoms with Gasteiger partial charge in [0.15, 0.2) is 16.6 Å². The predicted octanol–water partition coefficient (Wildman–Crippen LogP) is 3.61. The molecule has 1 atom stereocenters. The molecular weight excluding hydrogens is 362 g/mol. The maximum absolute atomic E-state index is 12.7. The van der Waals surface area contributed by atoms with Gasteiger partial charge in [-0.15, -0.1) is 11.3 Å². The molecule has 1 fully saturated rings. The number of hydrogen-bond acceptors (Lipinski definition) is 5. The van der Waals surface area contributed by atoms with Crippen molar-refractivity contribution in [1.29, 1.82) is 0 Å². The number of halogens is 2. The largest absolute Gasteiger partial charge is 0.309 e. The van der Waals surface area contributed by atoms with Gasteiger partial charge in [-0.3, -0.25) is 9.89 Å². The minimum absolute atomic E-state index is 0.218. The van der Waals surface area contributed by atoms with E-state index in [1.165, 1.54) is 16.3 Å². The zero-order valence-electron chi connectivity index (χ0n) is 13.8. The van der Waals surface area contributed by atoms with Crippen LogP contribution in [0.2, 0.25) is 0 Å². The van der Waals surface area contributed by atoms with Crippen molar-refractivity contribution >= 4 is 23.1 Å². The summed E-state index contributed by atoms with van der Waals surface area (Å²) in [5.74, 6) is 0.644. The summed E-state index contributed by atoms with van der Waals surface area (Å²) < 4.78 is 26.7. The minimum atomic E-state index is -2.61. The third-order valence-electron chi connectivity index (χ3n) is 4.29. The SMILES string of the molecule is C[C@@H](C(=O)Nc1cc(C2CC2)[nH]n1)c1cnn(-c2csc(C(F)F)n2)c1. The number of H-pyrrole nitrogens is 1. The second kappa shape index (κ2) is 6.60. The number of carbonyl (C=O) groups is 1. The van der Waals surface area contributed by atoms with Crippen molar-refractivity contribution in [3.8, 4) is 5.82 Å². The second-order valence-corrected chi connectivity index (χ2v) is 7.15. The molecule has 0 radical (unpaired) electrons. The molecule has 1 aliphatic rings. The molecule has 4 rings (SSSR count). The Morgan fingerprint density at radius 2 is 2.27 bits per heavy atom. The first-order chi connectivity index (χ1) is 12.5. The smallest absolute Gasteiger partial charge is 0.289 e. The molecule has 1 amide bonds. The van der Waals surface area contributed by atoms with E-state index in [1.54, 1.807) is 13.1 Å². The lowest BCUT2D eigenvalue weighted by Crippen LogP contribution is -2.18. The maximum atomic E-state index is 12.7. The number of nitrogens with one attached hydrogen (secondary N) is 2. The van der Waals surface area contributed by atoms with E-state index < -0.39 is 12.3 Å². The zero-order chi connectivity index (χ0) is 18.3. The number of hydrogen-bond donors (Lipinski definition) is 2. The molecular formula is C16H16F2N6OS. The third-order valence-corrected chi connectivity index (χ3v) is 5.13. The first-order valence-electron chi connectivity index (χ1n) is 8.16. The van der Waals surface area contributed by atoms with Crippen LogP contribution in [0.4, 0.5) is 14.6 Å². The van der Waals surface area contributed by atoms with Crippen LogP contribution in [-0.2, 0) is 4.79 Å². The van der Waals surface area contributed by atoms with Gasteiger partial charge in [0.2, 0.25) is 5.91 Å². The molecule has 26 heavy (non-hydrogen) atoms. The topological polar surface area (TPSA) is 88.5 Å². The Balaban J connectivity index is 1.44. The van der Waals surface area contributed by atoms with Crippen LogP contribution < -0.4 is 5.32 Å². The monoisotopic (exact) mass is 378 g/mol. The first kappa shape index (κ1) is 16.8. The van der Waals surface area contributed by atoms with Gasteiger partial charge >= 0.3 is 0 Å². The highest BCUT2D eigenvalue weighted by Gasteiger charge is 2.26. The van der Waals surface area contributed by atoms with Crippen molar-refractivity contribution in [2.75, 3.05) is 5.32 Å². The van der Waals surface area contributed by atoms with Crippen LogP contribution in [0.25, 0.3) is 5.82 Å². The summed E-state index contributed by atoms with van der Waals surface area (Å²) in [5.41, 5.74) is 1.70. The summed E-state index contributed by atoms with van der Waals surface area (Å²) in [6.07, 6.45) is 2.84. The highest BCUT2D eigenvalue weighted by molar-refractivity contribution is 7.09. The van der Waals surface area contributed by atoms with E-state index in [0.29, 0.717) is 23.1 Å². The molecule has 2 N–H and O–H groups in total. The molecule has 0 spiro atoms. The highest BCUT2D eigenvalue weighted by atomic mass is 32.1. The van der Waals surface area contributed by atoms with Gasteiger partial charge in [-0.1, -0.05) is 0 Å². The number of carbonyl (C=O) groups excluding carboxylic acids is 1. The fourth-order valence-corrected chi connectivity index (χ4v) is 3.20. The van der Waals surface area contributed by atoms with Gasteiger partial charge in [-0.05, 0) is 19.8 Å². The van der Waals surface area contributed by atoms with E-state index in [2.05, 4.69) is 25.6 Å². The van der Waals surface area contributed by atoms with Gasteiger partial charge in [0.05, 0.1) is 12.1 Å². The summed E-state index contributed by atoms with van der Waals surface area (Å²) >= 11 is 0.875. The van der Waals surface area contributed by atoms with Crippen molar-refractivity contribution in [1.82, 2.24) is 25.0 Å². The van der Waals surface area contributed by atoms with Crippen LogP contribution in [0.3, 0.4) is 0 Å². The van der Waals surface area contributed by atoms with Gasteiger partial charge in [0.25, 0.3) is 6.43 Å². The number of alkyl halides is 2. The fourth-order valence-electron chi connectivity index (χ4n) is 2.56. The van der Waals surface area contributed by atoms with Crippen LogP contribution in [0, 0.1) is 0 Å². The van der Waals surface area contributed by atoms with Crippen LogP contribution in [0.15, 0.2) is 23.8 Å². The molecule has 0 saturated heterocycles. The highest BCUT2D eigenvalue weighted by Crippen LogP contribution is 2.39. The lowest BCUT2D eigenvalue weighted by atomic mass is 10.0. The minimum Gasteiger partial charge on any atom is -0.309 e. The molecule has 136 valence electrons. The average molecular weight is 378 g/mol. The summed E-state index contributed by atoms with van der Waals surface area (Å²) in [6, 6.07) is 1.85. The Hall–Kier alpha value is -2.62. The number of aromatic nitrogens is 5. The molecule has 7 nitrogen and oxygen atoms in total. The van der Waals surface area contributed by atoms with E-state index >= 15 is 0 Å². The third kappa shape index (κ3) is 3.36. The molecule has 3 heterocycles. The van der Waals surface area contributed by atoms with E-state index in [1.807, 2.05) is 6.07 Å². The Labute approximate surface area is 151 Å². The molecule has 0 aromatic carbocycles. The van der Waals surface area contributed by atoms with Crippen LogP contribution >= 0.6 is 11.3 Å². The number of rotatable bonds is 6. The average Bonchev–Trinajstić information content (AvgIpc) is 3.06. The number of aromatic amines is 1. The van der Waals surface area contributed by atoms with Crippen molar-refractivity contribution < 1.29 is 13.6 Å². The number of anilines is 1. The van der Waals surface area contributed by atoms with Crippen LogP contribution in [0.1, 0.15) is 54.3 Å². The summed E-state index contributed by atoms with van der Waals surface area (Å²) in [5, 5.41) is 15.2. The molecule has 0 bridgehead atoms. The Morgan fingerprint density at radius 3 is 2.96 bits per heavy atom. The van der Waals surface area contributed by atoms with Gasteiger partial charge in [0, 0.05) is 34.8 Å². The molecule has 10 heteroatoms. The Kier molecular flexibility index (Phi) is 4.27. The number of amides is 1. The first-order valence-corrected chi connectivity index (χ1v) is 9.04. The fraction of sp³-hybridized carbons (Fsp3) is 0.375. The van der Waals surface area contributed by atoms with Gasteiger partial charge < -0.3 is 5.32 Å². The van der Waals surface area contributed by atoms with E-state index in [0.717, 1.165) is 29.9 Å². The van der Waals surface area contributed by atoms with E-state index in [4.69, 9.17) is 0 Å². The zero-order valence-corrected chi connectivity index (χ0v) is 14.6. The molecule has 3 aromatic rings. The molecule has 1 saturated carbocycles. The van der Waals surface area contributed by atoms with Gasteiger partial charge in [0.1, 0.15) is 0 Å². The van der Waals surface area contributed by atoms with Crippen molar-refractivity contribution in [2.45, 2.75) is 38.0 Å². The predicted molar refractivity (Wildman–Crippen MR) is 91.8 cm³/mol. The Morgan fingerprint density at radius 1 is 1.46 bits per heavy atom. The second-order valence-electron chi connectivity index (χ2n) is 6.26.